The van der Waals surface area contributed by atoms with E-state index in [0.29, 0.717) is 16.4 Å². The number of thiazole rings is 1. The van der Waals surface area contributed by atoms with Crippen LogP contribution in [0.4, 0.5) is 5.13 Å². The van der Waals surface area contributed by atoms with Gasteiger partial charge in [-0.25, -0.2) is 4.98 Å². The summed E-state index contributed by atoms with van der Waals surface area (Å²) in [6, 6.07) is 14.4. The van der Waals surface area contributed by atoms with Crippen LogP contribution in [0.2, 0.25) is 0 Å². The van der Waals surface area contributed by atoms with Crippen molar-refractivity contribution in [2.75, 3.05) is 5.32 Å². The highest BCUT2D eigenvalue weighted by molar-refractivity contribution is 7.14. The van der Waals surface area contributed by atoms with Crippen molar-refractivity contribution >= 4 is 22.4 Å². The number of nitrogens with one attached hydrogen (secondary N) is 1. The van der Waals surface area contributed by atoms with Crippen LogP contribution in [0.5, 0.6) is 0 Å². The molecule has 0 fully saturated rings. The third kappa shape index (κ3) is 4.06. The van der Waals surface area contributed by atoms with Crippen LogP contribution in [0, 0.1) is 20.8 Å². The van der Waals surface area contributed by atoms with Gasteiger partial charge in [0.15, 0.2) is 5.13 Å². The van der Waals surface area contributed by atoms with E-state index in [0.717, 1.165) is 28.2 Å². The van der Waals surface area contributed by atoms with Crippen molar-refractivity contribution in [3.63, 3.8) is 0 Å². The van der Waals surface area contributed by atoms with E-state index in [-0.39, 0.29) is 11.5 Å². The van der Waals surface area contributed by atoms with Gasteiger partial charge in [0.1, 0.15) is 5.69 Å². The molecule has 3 aromatic heterocycles. The van der Waals surface area contributed by atoms with Crippen LogP contribution >= 0.6 is 11.3 Å². The molecule has 0 unspecified atom stereocenters. The highest BCUT2D eigenvalue weighted by Crippen LogP contribution is 2.24. The Morgan fingerprint density at radius 1 is 0.967 bits per heavy atom. The van der Waals surface area contributed by atoms with E-state index >= 15 is 0 Å². The second kappa shape index (κ2) is 8.04. The lowest BCUT2D eigenvalue weighted by molar-refractivity contribution is 0.102. The Morgan fingerprint density at radius 3 is 2.57 bits per heavy atom. The molecule has 4 rings (SSSR count). The summed E-state index contributed by atoms with van der Waals surface area (Å²) in [4.78, 5) is 34.0. The molecule has 0 radical (unpaired) electrons. The molecule has 4 aromatic rings. The van der Waals surface area contributed by atoms with Crippen LogP contribution in [0.1, 0.15) is 27.2 Å². The van der Waals surface area contributed by atoms with Gasteiger partial charge in [0.2, 0.25) is 0 Å². The van der Waals surface area contributed by atoms with E-state index in [1.54, 1.807) is 6.20 Å². The fraction of sp³-hybridized carbons (Fsp3) is 0.130. The number of aryl methyl sites for hydroxylation is 3. The molecule has 0 spiro atoms. The van der Waals surface area contributed by atoms with Crippen molar-refractivity contribution in [1.82, 2.24) is 14.5 Å². The summed E-state index contributed by atoms with van der Waals surface area (Å²) in [6.07, 6.45) is 1.55. The number of hydrogen-bond donors (Lipinski definition) is 1. The largest absolute Gasteiger partial charge is 0.298 e. The minimum absolute atomic E-state index is 0.197. The van der Waals surface area contributed by atoms with Gasteiger partial charge in [0.05, 0.1) is 11.3 Å². The predicted octanol–water partition coefficient (Wildman–Crippen LogP) is 4.53. The molecule has 1 aromatic carbocycles. The molecular formula is C23H20N4O2S. The van der Waals surface area contributed by atoms with Gasteiger partial charge in [-0.3, -0.25) is 24.5 Å². The molecule has 30 heavy (non-hydrogen) atoms. The lowest BCUT2D eigenvalue weighted by atomic mass is 10.1. The maximum atomic E-state index is 12.8. The number of pyridine rings is 2. The van der Waals surface area contributed by atoms with Crippen molar-refractivity contribution in [3.05, 3.63) is 92.8 Å². The third-order valence-electron chi connectivity index (χ3n) is 4.82. The number of carbonyl (C=O) groups is 1. The van der Waals surface area contributed by atoms with Crippen LogP contribution in [-0.4, -0.2) is 20.4 Å². The number of carbonyl (C=O) groups excluding carboxylic acids is 1. The summed E-state index contributed by atoms with van der Waals surface area (Å²) in [6.45, 7) is 5.92. The van der Waals surface area contributed by atoms with E-state index in [4.69, 9.17) is 0 Å². The first-order valence-corrected chi connectivity index (χ1v) is 10.3. The Kier molecular flexibility index (Phi) is 5.29. The average molecular weight is 417 g/mol. The van der Waals surface area contributed by atoms with Crippen LogP contribution in [-0.2, 0) is 0 Å². The number of anilines is 1. The third-order valence-corrected chi connectivity index (χ3v) is 5.58. The van der Waals surface area contributed by atoms with E-state index < -0.39 is 0 Å². The number of amides is 1. The second-order valence-corrected chi connectivity index (χ2v) is 7.91. The molecule has 6 nitrogen and oxygen atoms in total. The van der Waals surface area contributed by atoms with Crippen molar-refractivity contribution < 1.29 is 4.79 Å². The molecule has 1 amide bonds. The number of benzene rings is 1. The molecule has 1 N–H and O–H groups in total. The van der Waals surface area contributed by atoms with Crippen LogP contribution in [0.3, 0.4) is 0 Å². The Bertz CT molecular complexity index is 1310. The van der Waals surface area contributed by atoms with Gasteiger partial charge in [-0.2, -0.15) is 0 Å². The highest BCUT2D eigenvalue weighted by atomic mass is 32.1. The standard InChI is InChI=1S/C23H20N4O2S/c1-14-7-9-18(11-15(14)2)27-12-17(8-10-21(27)28)22(29)26-23-25-20(13-30-23)19-6-4-5-16(3)24-19/h4-13H,1-3H3,(H,25,26,29). The van der Waals surface area contributed by atoms with Crippen molar-refractivity contribution in [2.45, 2.75) is 20.8 Å². The van der Waals surface area contributed by atoms with Gasteiger partial charge in [0, 0.05) is 29.0 Å². The Labute approximate surface area is 177 Å². The fourth-order valence-electron chi connectivity index (χ4n) is 3.00. The van der Waals surface area contributed by atoms with Gasteiger partial charge >= 0.3 is 0 Å². The molecule has 0 aliphatic heterocycles. The molecule has 0 saturated heterocycles. The minimum Gasteiger partial charge on any atom is -0.298 e. The van der Waals surface area contributed by atoms with Gasteiger partial charge in [-0.15, -0.1) is 11.3 Å². The Hall–Kier alpha value is -3.58. The monoisotopic (exact) mass is 416 g/mol. The summed E-state index contributed by atoms with van der Waals surface area (Å²) in [5, 5.41) is 5.14. The van der Waals surface area contributed by atoms with Crippen LogP contribution in [0.15, 0.2) is 64.9 Å². The van der Waals surface area contributed by atoms with Gasteiger partial charge in [-0.05, 0) is 62.2 Å². The maximum absolute atomic E-state index is 12.8. The van der Waals surface area contributed by atoms with Crippen molar-refractivity contribution in [1.29, 1.82) is 0 Å². The SMILES string of the molecule is Cc1cccc(-c2csc(NC(=O)c3ccc(=O)n(-c4ccc(C)c(C)c4)c3)n2)n1. The topological polar surface area (TPSA) is 76.9 Å². The molecule has 7 heteroatoms. The van der Waals surface area contributed by atoms with E-state index in [1.165, 1.54) is 28.0 Å². The molecule has 0 aliphatic carbocycles. The quantitative estimate of drug-likeness (QED) is 0.530. The molecular weight excluding hydrogens is 396 g/mol. The summed E-state index contributed by atoms with van der Waals surface area (Å²) >= 11 is 1.33. The van der Waals surface area contributed by atoms with E-state index in [1.807, 2.05) is 62.5 Å². The molecule has 150 valence electrons. The number of nitrogens with zero attached hydrogens (tertiary/aromatic N) is 3. The zero-order chi connectivity index (χ0) is 21.3. The van der Waals surface area contributed by atoms with Gasteiger partial charge in [-0.1, -0.05) is 12.1 Å². The molecule has 0 aliphatic rings. The predicted molar refractivity (Wildman–Crippen MR) is 120 cm³/mol. The summed E-state index contributed by atoms with van der Waals surface area (Å²) in [7, 11) is 0. The average Bonchev–Trinajstić information content (AvgIpc) is 3.19. The van der Waals surface area contributed by atoms with E-state index in [2.05, 4.69) is 15.3 Å². The normalized spacial score (nSPS) is 10.8. The zero-order valence-electron chi connectivity index (χ0n) is 16.8. The second-order valence-electron chi connectivity index (χ2n) is 7.05. The van der Waals surface area contributed by atoms with E-state index in [9.17, 15) is 9.59 Å². The maximum Gasteiger partial charge on any atom is 0.258 e. The lowest BCUT2D eigenvalue weighted by Crippen LogP contribution is -2.21. The Balaban J connectivity index is 1.58. The first-order chi connectivity index (χ1) is 14.4. The van der Waals surface area contributed by atoms with Crippen LogP contribution in [0.25, 0.3) is 17.1 Å². The summed E-state index contributed by atoms with van der Waals surface area (Å²) in [5.74, 6) is -0.328. The first-order valence-electron chi connectivity index (χ1n) is 9.42. The number of aromatic nitrogens is 3. The molecule has 0 atom stereocenters. The molecule has 0 saturated carbocycles. The number of rotatable bonds is 4. The molecule has 3 heterocycles. The van der Waals surface area contributed by atoms with Gasteiger partial charge < -0.3 is 0 Å². The van der Waals surface area contributed by atoms with Crippen LogP contribution < -0.4 is 10.9 Å². The summed E-state index contributed by atoms with van der Waals surface area (Å²) < 4.78 is 1.48. The molecule has 0 bridgehead atoms. The highest BCUT2D eigenvalue weighted by Gasteiger charge is 2.13. The summed E-state index contributed by atoms with van der Waals surface area (Å²) in [5.41, 5.74) is 5.49. The smallest absolute Gasteiger partial charge is 0.258 e. The minimum atomic E-state index is -0.328. The fourth-order valence-corrected chi connectivity index (χ4v) is 3.70. The zero-order valence-corrected chi connectivity index (χ0v) is 17.7. The Morgan fingerprint density at radius 2 is 1.80 bits per heavy atom. The van der Waals surface area contributed by atoms with Crippen molar-refractivity contribution in [3.8, 4) is 17.1 Å². The van der Waals surface area contributed by atoms with Crippen molar-refractivity contribution in [2.24, 2.45) is 0 Å². The lowest BCUT2D eigenvalue weighted by Gasteiger charge is -2.10. The first kappa shape index (κ1) is 19.7. The number of hydrogen-bond acceptors (Lipinski definition) is 5. The van der Waals surface area contributed by atoms with Gasteiger partial charge in [0.25, 0.3) is 11.5 Å².